The number of hydrogen-bond donors (Lipinski definition) is 3. The maximum atomic E-state index is 11.0. The van der Waals surface area contributed by atoms with Crippen LogP contribution in [0, 0.1) is 0 Å². The molecule has 4 N–H and O–H groups in total. The number of aromatic carboxylic acids is 1. The van der Waals surface area contributed by atoms with E-state index in [1.165, 1.54) is 6.07 Å². The fourth-order valence-corrected chi connectivity index (χ4v) is 1.82. The second-order valence-electron chi connectivity index (χ2n) is 4.25. The smallest absolute Gasteiger partial charge is 0.337 e. The zero-order valence-electron chi connectivity index (χ0n) is 10.5. The number of aromatic nitrogens is 1. The van der Waals surface area contributed by atoms with Gasteiger partial charge in [0.1, 0.15) is 0 Å². The van der Waals surface area contributed by atoms with Gasteiger partial charge < -0.3 is 16.2 Å². The molecule has 1 atom stereocenters. The summed E-state index contributed by atoms with van der Waals surface area (Å²) < 4.78 is 0. The van der Waals surface area contributed by atoms with E-state index in [-0.39, 0.29) is 17.3 Å². The fourth-order valence-electron chi connectivity index (χ4n) is 1.82. The Balaban J connectivity index is 2.20. The van der Waals surface area contributed by atoms with Gasteiger partial charge in [-0.2, -0.15) is 0 Å². The summed E-state index contributed by atoms with van der Waals surface area (Å²) in [7, 11) is 0. The van der Waals surface area contributed by atoms with Gasteiger partial charge in [-0.15, -0.1) is 0 Å². The van der Waals surface area contributed by atoms with Crippen LogP contribution in [-0.2, 0) is 0 Å². The molecular weight excluding hydrogens is 242 g/mol. The van der Waals surface area contributed by atoms with Crippen molar-refractivity contribution < 1.29 is 9.90 Å². The molecule has 0 saturated carbocycles. The van der Waals surface area contributed by atoms with Gasteiger partial charge in [0.05, 0.1) is 5.56 Å². The number of hydrogen-bond acceptors (Lipinski definition) is 4. The molecule has 1 unspecified atom stereocenters. The van der Waals surface area contributed by atoms with Gasteiger partial charge in [0.2, 0.25) is 0 Å². The van der Waals surface area contributed by atoms with Crippen LogP contribution in [0.2, 0.25) is 0 Å². The Bertz CT molecular complexity index is 584. The van der Waals surface area contributed by atoms with Crippen molar-refractivity contribution in [1.29, 1.82) is 0 Å². The Morgan fingerprint density at radius 3 is 2.63 bits per heavy atom. The number of pyridine rings is 1. The van der Waals surface area contributed by atoms with Crippen LogP contribution in [0.25, 0.3) is 0 Å². The lowest BCUT2D eigenvalue weighted by molar-refractivity contribution is 0.0698. The molecule has 2 rings (SSSR count). The molecule has 5 heteroatoms. The summed E-state index contributed by atoms with van der Waals surface area (Å²) in [5.74, 6) is -1.03. The molecule has 1 aromatic carbocycles. The van der Waals surface area contributed by atoms with E-state index in [0.717, 1.165) is 11.3 Å². The van der Waals surface area contributed by atoms with E-state index in [0.29, 0.717) is 0 Å². The van der Waals surface area contributed by atoms with Crippen LogP contribution in [0.3, 0.4) is 0 Å². The van der Waals surface area contributed by atoms with Gasteiger partial charge in [0.25, 0.3) is 0 Å². The summed E-state index contributed by atoms with van der Waals surface area (Å²) >= 11 is 0. The summed E-state index contributed by atoms with van der Waals surface area (Å²) in [6.45, 7) is 1.99. The minimum atomic E-state index is -1.03. The highest BCUT2D eigenvalue weighted by atomic mass is 16.4. The Morgan fingerprint density at radius 1 is 1.32 bits per heavy atom. The lowest BCUT2D eigenvalue weighted by Gasteiger charge is -2.16. The molecule has 0 aliphatic carbocycles. The predicted octanol–water partition coefficient (Wildman–Crippen LogP) is 2.54. The van der Waals surface area contributed by atoms with E-state index in [4.69, 9.17) is 10.8 Å². The van der Waals surface area contributed by atoms with Gasteiger partial charge in [0.15, 0.2) is 0 Å². The van der Waals surface area contributed by atoms with Gasteiger partial charge in [-0.1, -0.05) is 0 Å². The molecule has 0 bridgehead atoms. The van der Waals surface area contributed by atoms with Crippen molar-refractivity contribution in [2.45, 2.75) is 13.0 Å². The summed E-state index contributed by atoms with van der Waals surface area (Å²) in [5.41, 5.74) is 7.77. The number of carbonyl (C=O) groups is 1. The molecule has 1 heterocycles. The van der Waals surface area contributed by atoms with Crippen LogP contribution in [0.4, 0.5) is 11.4 Å². The highest BCUT2D eigenvalue weighted by Crippen LogP contribution is 2.22. The van der Waals surface area contributed by atoms with Crippen LogP contribution in [0.15, 0.2) is 42.7 Å². The molecule has 0 aliphatic rings. The third kappa shape index (κ3) is 3.01. The zero-order valence-corrected chi connectivity index (χ0v) is 10.5. The minimum Gasteiger partial charge on any atom is -0.478 e. The van der Waals surface area contributed by atoms with Crippen LogP contribution >= 0.6 is 0 Å². The fraction of sp³-hybridized carbons (Fsp3) is 0.143. The molecule has 0 fully saturated rings. The number of anilines is 2. The largest absolute Gasteiger partial charge is 0.478 e. The Morgan fingerprint density at radius 2 is 2.00 bits per heavy atom. The van der Waals surface area contributed by atoms with Gasteiger partial charge >= 0.3 is 5.97 Å². The molecule has 0 spiro atoms. The number of nitrogens with two attached hydrogens (primary N) is 1. The van der Waals surface area contributed by atoms with E-state index in [9.17, 15) is 4.79 Å². The van der Waals surface area contributed by atoms with Gasteiger partial charge in [-0.05, 0) is 42.8 Å². The average Bonchev–Trinajstić information content (AvgIpc) is 2.41. The molecule has 19 heavy (non-hydrogen) atoms. The first-order valence-corrected chi connectivity index (χ1v) is 5.87. The second-order valence-corrected chi connectivity index (χ2v) is 4.25. The number of nitrogens with one attached hydrogen (secondary N) is 1. The Kier molecular flexibility index (Phi) is 3.66. The number of rotatable bonds is 4. The molecule has 5 nitrogen and oxygen atoms in total. The molecule has 98 valence electrons. The molecule has 0 saturated heterocycles. The van der Waals surface area contributed by atoms with Crippen molar-refractivity contribution in [2.24, 2.45) is 0 Å². The highest BCUT2D eigenvalue weighted by molar-refractivity contribution is 5.94. The van der Waals surface area contributed by atoms with E-state index in [2.05, 4.69) is 10.3 Å². The van der Waals surface area contributed by atoms with Gasteiger partial charge in [0, 0.05) is 29.8 Å². The van der Waals surface area contributed by atoms with Crippen molar-refractivity contribution in [2.75, 3.05) is 11.1 Å². The average molecular weight is 257 g/mol. The Labute approximate surface area is 111 Å². The van der Waals surface area contributed by atoms with E-state index in [1.54, 1.807) is 24.5 Å². The molecule has 0 radical (unpaired) electrons. The van der Waals surface area contributed by atoms with Crippen LogP contribution in [-0.4, -0.2) is 16.1 Å². The summed E-state index contributed by atoms with van der Waals surface area (Å²) in [4.78, 5) is 15.0. The zero-order chi connectivity index (χ0) is 13.8. The monoisotopic (exact) mass is 257 g/mol. The van der Waals surface area contributed by atoms with E-state index >= 15 is 0 Å². The molecule has 0 aliphatic heterocycles. The minimum absolute atomic E-state index is 0.0493. The topological polar surface area (TPSA) is 88.2 Å². The number of nitrogen functional groups attached to an aromatic ring is 1. The van der Waals surface area contributed by atoms with E-state index in [1.807, 2.05) is 19.1 Å². The summed E-state index contributed by atoms with van der Waals surface area (Å²) in [6, 6.07) is 8.76. The number of nitrogens with zero attached hydrogens (tertiary/aromatic N) is 1. The van der Waals surface area contributed by atoms with Gasteiger partial charge in [-0.25, -0.2) is 4.79 Å². The first kappa shape index (κ1) is 12.9. The van der Waals surface area contributed by atoms with Crippen molar-refractivity contribution in [3.05, 3.63) is 53.9 Å². The lowest BCUT2D eigenvalue weighted by Crippen LogP contribution is -2.08. The quantitative estimate of drug-likeness (QED) is 0.732. The summed E-state index contributed by atoms with van der Waals surface area (Å²) in [5, 5.41) is 12.3. The molecule has 0 amide bonds. The number of carboxylic acid groups (broad SMARTS) is 1. The van der Waals surface area contributed by atoms with Crippen molar-refractivity contribution in [3.63, 3.8) is 0 Å². The van der Waals surface area contributed by atoms with Crippen molar-refractivity contribution in [1.82, 2.24) is 4.98 Å². The molecule has 1 aromatic heterocycles. The van der Waals surface area contributed by atoms with Crippen LogP contribution in [0.5, 0.6) is 0 Å². The molecular formula is C14H15N3O2. The van der Waals surface area contributed by atoms with E-state index < -0.39 is 5.97 Å². The maximum absolute atomic E-state index is 11.0. The highest BCUT2D eigenvalue weighted by Gasteiger charge is 2.10. The number of benzene rings is 1. The lowest BCUT2D eigenvalue weighted by atomic mass is 10.1. The van der Waals surface area contributed by atoms with Crippen molar-refractivity contribution >= 4 is 17.3 Å². The SMILES string of the molecule is CC(Nc1ccc(N)c(C(=O)O)c1)c1ccncc1. The van der Waals surface area contributed by atoms with Crippen LogP contribution < -0.4 is 11.1 Å². The predicted molar refractivity (Wildman–Crippen MR) is 74.1 cm³/mol. The third-order valence-electron chi connectivity index (χ3n) is 2.87. The Hall–Kier alpha value is -2.56. The van der Waals surface area contributed by atoms with Crippen LogP contribution in [0.1, 0.15) is 28.9 Å². The second kappa shape index (κ2) is 5.39. The molecule has 2 aromatic rings. The third-order valence-corrected chi connectivity index (χ3v) is 2.87. The first-order valence-electron chi connectivity index (χ1n) is 5.87. The van der Waals surface area contributed by atoms with Gasteiger partial charge in [-0.3, -0.25) is 4.98 Å². The number of carboxylic acids is 1. The van der Waals surface area contributed by atoms with Crippen molar-refractivity contribution in [3.8, 4) is 0 Å². The summed E-state index contributed by atoms with van der Waals surface area (Å²) in [6.07, 6.45) is 3.44. The first-order chi connectivity index (χ1) is 9.08. The maximum Gasteiger partial charge on any atom is 0.337 e. The normalized spacial score (nSPS) is 11.8. The standard InChI is InChI=1S/C14H15N3O2/c1-9(10-4-6-16-7-5-10)17-11-2-3-13(15)12(8-11)14(18)19/h2-9,17H,15H2,1H3,(H,18,19).